The topological polar surface area (TPSA) is 58.6 Å². The number of hydrogen-bond donors (Lipinski definition) is 2. The van der Waals surface area contributed by atoms with Crippen LogP contribution in [0, 0.1) is 0 Å². The Morgan fingerprint density at radius 1 is 1.56 bits per heavy atom. The Morgan fingerprint density at radius 2 is 2.33 bits per heavy atom. The Labute approximate surface area is 108 Å². The summed E-state index contributed by atoms with van der Waals surface area (Å²) in [5.74, 6) is -0.335. The normalized spacial score (nSPS) is 12.7. The molecule has 0 aliphatic carbocycles. The molecule has 1 rings (SSSR count). The largest absolute Gasteiger partial charge is 0.387 e. The Bertz CT molecular complexity index is 346. The van der Waals surface area contributed by atoms with Crippen LogP contribution in [0.15, 0.2) is 16.8 Å². The molecule has 18 heavy (non-hydrogen) atoms. The molecule has 1 unspecified atom stereocenters. The minimum Gasteiger partial charge on any atom is -0.387 e. The molecule has 1 atom stereocenters. The fourth-order valence-electron chi connectivity index (χ4n) is 1.22. The molecule has 0 aromatic carbocycles. The van der Waals surface area contributed by atoms with Crippen LogP contribution in [-0.2, 0) is 9.53 Å². The summed E-state index contributed by atoms with van der Waals surface area (Å²) in [6, 6.07) is 1.77. The molecule has 1 amide bonds. The molecule has 1 heterocycles. The highest BCUT2D eigenvalue weighted by Gasteiger charge is 2.10. The maximum Gasteiger partial charge on any atom is 0.261 e. The summed E-state index contributed by atoms with van der Waals surface area (Å²) in [7, 11) is 0. The quantitative estimate of drug-likeness (QED) is 0.710. The van der Waals surface area contributed by atoms with Crippen LogP contribution in [0.25, 0.3) is 0 Å². The standard InChI is InChI=1S/C11H15F2NO3S/c12-10(13)6-17-3-1-11(16)14-5-9(15)8-2-4-18-7-8/h2,4,7,9-10,15H,1,3,5-6H2,(H,14,16). The molecule has 0 saturated heterocycles. The fraction of sp³-hybridized carbons (Fsp3) is 0.545. The molecule has 0 bridgehead atoms. The van der Waals surface area contributed by atoms with Gasteiger partial charge in [-0.15, -0.1) is 0 Å². The van der Waals surface area contributed by atoms with Gasteiger partial charge in [-0.1, -0.05) is 0 Å². The van der Waals surface area contributed by atoms with E-state index in [-0.39, 0.29) is 25.5 Å². The van der Waals surface area contributed by atoms with Crippen LogP contribution in [-0.4, -0.2) is 37.2 Å². The van der Waals surface area contributed by atoms with Crippen molar-refractivity contribution in [3.8, 4) is 0 Å². The van der Waals surface area contributed by atoms with Crippen LogP contribution in [0.2, 0.25) is 0 Å². The smallest absolute Gasteiger partial charge is 0.261 e. The molecule has 4 nitrogen and oxygen atoms in total. The number of alkyl halides is 2. The zero-order valence-corrected chi connectivity index (χ0v) is 10.5. The van der Waals surface area contributed by atoms with Crippen molar-refractivity contribution in [2.24, 2.45) is 0 Å². The molecule has 2 N–H and O–H groups in total. The van der Waals surface area contributed by atoms with Crippen molar-refractivity contribution in [3.05, 3.63) is 22.4 Å². The maximum atomic E-state index is 11.7. The van der Waals surface area contributed by atoms with Crippen molar-refractivity contribution in [2.45, 2.75) is 19.0 Å². The second-order valence-corrected chi connectivity index (χ2v) is 4.37. The lowest BCUT2D eigenvalue weighted by Gasteiger charge is -2.10. The minimum absolute atomic E-state index is 0.00305. The first kappa shape index (κ1) is 15.0. The van der Waals surface area contributed by atoms with Crippen molar-refractivity contribution < 1.29 is 23.4 Å². The van der Waals surface area contributed by atoms with Crippen molar-refractivity contribution >= 4 is 17.2 Å². The SMILES string of the molecule is O=C(CCOCC(F)F)NCC(O)c1ccsc1. The van der Waals surface area contributed by atoms with Gasteiger partial charge in [0.05, 0.1) is 12.7 Å². The first-order valence-electron chi connectivity index (χ1n) is 5.42. The van der Waals surface area contributed by atoms with Gasteiger partial charge < -0.3 is 15.2 Å². The number of aliphatic hydroxyl groups is 1. The van der Waals surface area contributed by atoms with Crippen LogP contribution < -0.4 is 5.32 Å². The van der Waals surface area contributed by atoms with Crippen LogP contribution in [0.3, 0.4) is 0 Å². The first-order chi connectivity index (χ1) is 8.59. The summed E-state index contributed by atoms with van der Waals surface area (Å²) in [6.45, 7) is -0.611. The summed E-state index contributed by atoms with van der Waals surface area (Å²) < 4.78 is 28.0. The number of carbonyl (C=O) groups is 1. The first-order valence-corrected chi connectivity index (χ1v) is 6.36. The average Bonchev–Trinajstić information content (AvgIpc) is 2.85. The number of ether oxygens (including phenoxy) is 1. The number of rotatable bonds is 8. The number of carbonyl (C=O) groups excluding carboxylic acids is 1. The van der Waals surface area contributed by atoms with Crippen LogP contribution in [0.4, 0.5) is 8.78 Å². The molecule has 0 aliphatic heterocycles. The average molecular weight is 279 g/mol. The van der Waals surface area contributed by atoms with E-state index in [0.29, 0.717) is 0 Å². The Hall–Kier alpha value is -1.05. The third-order valence-electron chi connectivity index (χ3n) is 2.14. The molecule has 0 fully saturated rings. The molecular formula is C11H15F2NO3S. The highest BCUT2D eigenvalue weighted by atomic mass is 32.1. The van der Waals surface area contributed by atoms with Gasteiger partial charge >= 0.3 is 0 Å². The summed E-state index contributed by atoms with van der Waals surface area (Å²) in [5, 5.41) is 15.8. The van der Waals surface area contributed by atoms with Crippen molar-refractivity contribution in [1.82, 2.24) is 5.32 Å². The molecule has 0 saturated carbocycles. The van der Waals surface area contributed by atoms with E-state index < -0.39 is 19.1 Å². The zero-order chi connectivity index (χ0) is 13.4. The van der Waals surface area contributed by atoms with Gasteiger partial charge in [-0.3, -0.25) is 4.79 Å². The minimum atomic E-state index is -2.52. The van der Waals surface area contributed by atoms with E-state index in [0.717, 1.165) is 5.56 Å². The molecule has 0 radical (unpaired) electrons. The van der Waals surface area contributed by atoms with Crippen molar-refractivity contribution in [2.75, 3.05) is 19.8 Å². The highest BCUT2D eigenvalue weighted by molar-refractivity contribution is 7.07. The van der Waals surface area contributed by atoms with Crippen LogP contribution in [0.1, 0.15) is 18.1 Å². The lowest BCUT2D eigenvalue weighted by Crippen LogP contribution is -2.29. The third-order valence-corrected chi connectivity index (χ3v) is 2.84. The number of aliphatic hydroxyl groups excluding tert-OH is 1. The number of nitrogens with one attached hydrogen (secondary N) is 1. The Kier molecular flexibility index (Phi) is 6.77. The molecule has 0 spiro atoms. The fourth-order valence-corrected chi connectivity index (χ4v) is 1.93. The molecule has 1 aromatic heterocycles. The second-order valence-electron chi connectivity index (χ2n) is 3.59. The van der Waals surface area contributed by atoms with Crippen LogP contribution in [0.5, 0.6) is 0 Å². The summed E-state index contributed by atoms with van der Waals surface area (Å²) >= 11 is 1.46. The summed E-state index contributed by atoms with van der Waals surface area (Å²) in [6.07, 6.45) is -3.26. The lowest BCUT2D eigenvalue weighted by molar-refractivity contribution is -0.123. The van der Waals surface area contributed by atoms with Gasteiger partial charge in [0.15, 0.2) is 0 Å². The predicted octanol–water partition coefficient (Wildman–Crippen LogP) is 1.57. The van der Waals surface area contributed by atoms with Crippen molar-refractivity contribution in [1.29, 1.82) is 0 Å². The van der Waals surface area contributed by atoms with E-state index in [1.165, 1.54) is 11.3 Å². The molecule has 102 valence electrons. The van der Waals surface area contributed by atoms with Gasteiger partial charge in [0.25, 0.3) is 6.43 Å². The Balaban J connectivity index is 2.10. The Morgan fingerprint density at radius 3 is 2.94 bits per heavy atom. The highest BCUT2D eigenvalue weighted by Crippen LogP contribution is 2.14. The van der Waals surface area contributed by atoms with Crippen molar-refractivity contribution in [3.63, 3.8) is 0 Å². The summed E-state index contributed by atoms with van der Waals surface area (Å²) in [5.41, 5.74) is 0.745. The number of halogens is 2. The lowest BCUT2D eigenvalue weighted by atomic mass is 10.2. The number of thiophene rings is 1. The van der Waals surface area contributed by atoms with Gasteiger partial charge in [0.2, 0.25) is 5.91 Å². The van der Waals surface area contributed by atoms with Gasteiger partial charge in [-0.2, -0.15) is 11.3 Å². The van der Waals surface area contributed by atoms with E-state index in [4.69, 9.17) is 0 Å². The number of amides is 1. The summed E-state index contributed by atoms with van der Waals surface area (Å²) in [4.78, 5) is 11.3. The maximum absolute atomic E-state index is 11.7. The third kappa shape index (κ3) is 6.04. The molecule has 0 aliphatic rings. The van der Waals surface area contributed by atoms with E-state index in [1.807, 2.05) is 5.38 Å². The molecular weight excluding hydrogens is 264 g/mol. The van der Waals surface area contributed by atoms with E-state index in [2.05, 4.69) is 10.1 Å². The van der Waals surface area contributed by atoms with Crippen LogP contribution >= 0.6 is 11.3 Å². The monoisotopic (exact) mass is 279 g/mol. The molecule has 1 aromatic rings. The van der Waals surface area contributed by atoms with E-state index in [1.54, 1.807) is 11.4 Å². The number of hydrogen-bond acceptors (Lipinski definition) is 4. The van der Waals surface area contributed by atoms with Gasteiger partial charge in [0.1, 0.15) is 6.61 Å². The van der Waals surface area contributed by atoms with E-state index >= 15 is 0 Å². The molecule has 7 heteroatoms. The second kappa shape index (κ2) is 8.12. The van der Waals surface area contributed by atoms with E-state index in [9.17, 15) is 18.7 Å². The van der Waals surface area contributed by atoms with Gasteiger partial charge in [-0.25, -0.2) is 8.78 Å². The van der Waals surface area contributed by atoms with Gasteiger partial charge in [0, 0.05) is 13.0 Å². The van der Waals surface area contributed by atoms with Gasteiger partial charge in [-0.05, 0) is 22.4 Å². The predicted molar refractivity (Wildman–Crippen MR) is 63.7 cm³/mol. The zero-order valence-electron chi connectivity index (χ0n) is 9.64.